The van der Waals surface area contributed by atoms with Crippen molar-refractivity contribution in [2.75, 3.05) is 26.2 Å². The molecule has 2 N–H and O–H groups in total. The summed E-state index contributed by atoms with van der Waals surface area (Å²) in [5, 5.41) is 2.20. The molecule has 96 valence electrons. The quantitative estimate of drug-likeness (QED) is 0.927. The van der Waals surface area contributed by atoms with Gasteiger partial charge in [-0.2, -0.15) is 0 Å². The molecule has 5 heteroatoms. The molecular weight excluding hydrogens is 300 g/mol. The number of rotatable bonds is 4. The zero-order valence-corrected chi connectivity index (χ0v) is 12.5. The minimum Gasteiger partial charge on any atom is -0.374 e. The third-order valence-electron chi connectivity index (χ3n) is 3.13. The van der Waals surface area contributed by atoms with Crippen molar-refractivity contribution in [1.29, 1.82) is 0 Å². The van der Waals surface area contributed by atoms with Crippen molar-refractivity contribution in [1.82, 2.24) is 4.90 Å². The van der Waals surface area contributed by atoms with Gasteiger partial charge in [-0.15, -0.1) is 11.3 Å². The average Bonchev–Trinajstić information content (AvgIpc) is 2.75. The zero-order valence-electron chi connectivity index (χ0n) is 10.1. The lowest BCUT2D eigenvalue weighted by molar-refractivity contribution is -0.0675. The molecule has 1 aromatic heterocycles. The van der Waals surface area contributed by atoms with Gasteiger partial charge in [0.1, 0.15) is 0 Å². The van der Waals surface area contributed by atoms with Gasteiger partial charge in [0, 0.05) is 13.1 Å². The summed E-state index contributed by atoms with van der Waals surface area (Å²) in [5.74, 6) is 0. The Labute approximate surface area is 115 Å². The highest BCUT2D eigenvalue weighted by atomic mass is 79.9. The van der Waals surface area contributed by atoms with Crippen LogP contribution in [0.1, 0.15) is 24.9 Å². The standard InChI is InChI=1S/C12H19BrN2OS/c1-2-3-15-4-5-16-10(7-14)12(15)9-6-11(13)17-8-9/h6,8,10,12H,2-5,7,14H2,1H3. The molecule has 1 saturated heterocycles. The highest BCUT2D eigenvalue weighted by Crippen LogP contribution is 2.33. The molecule has 0 saturated carbocycles. The Balaban J connectivity index is 2.21. The Bertz CT molecular complexity index is 356. The molecule has 0 aromatic carbocycles. The molecule has 0 spiro atoms. The predicted octanol–water partition coefficient (Wildman–Crippen LogP) is 2.62. The molecule has 1 aromatic rings. The van der Waals surface area contributed by atoms with Gasteiger partial charge >= 0.3 is 0 Å². The maximum atomic E-state index is 5.84. The van der Waals surface area contributed by atoms with Crippen LogP contribution in [0.3, 0.4) is 0 Å². The van der Waals surface area contributed by atoms with Crippen LogP contribution >= 0.6 is 27.3 Å². The summed E-state index contributed by atoms with van der Waals surface area (Å²) in [6, 6.07) is 2.51. The van der Waals surface area contributed by atoms with Crippen molar-refractivity contribution in [2.45, 2.75) is 25.5 Å². The maximum Gasteiger partial charge on any atom is 0.0894 e. The average molecular weight is 319 g/mol. The van der Waals surface area contributed by atoms with Gasteiger partial charge in [-0.3, -0.25) is 4.90 Å². The molecule has 1 aliphatic rings. The van der Waals surface area contributed by atoms with Gasteiger partial charge in [-0.25, -0.2) is 0 Å². The fraction of sp³-hybridized carbons (Fsp3) is 0.667. The predicted molar refractivity (Wildman–Crippen MR) is 75.4 cm³/mol. The Kier molecular flexibility index (Phi) is 4.99. The normalized spacial score (nSPS) is 26.3. The smallest absolute Gasteiger partial charge is 0.0894 e. The molecule has 2 heterocycles. The van der Waals surface area contributed by atoms with Gasteiger partial charge in [-0.05, 0) is 45.9 Å². The van der Waals surface area contributed by atoms with Gasteiger partial charge < -0.3 is 10.5 Å². The Morgan fingerprint density at radius 2 is 2.47 bits per heavy atom. The van der Waals surface area contributed by atoms with Crippen molar-refractivity contribution < 1.29 is 4.74 Å². The van der Waals surface area contributed by atoms with Crippen LogP contribution in [0.5, 0.6) is 0 Å². The van der Waals surface area contributed by atoms with E-state index >= 15 is 0 Å². The largest absolute Gasteiger partial charge is 0.374 e. The van der Waals surface area contributed by atoms with Gasteiger partial charge in [0.2, 0.25) is 0 Å². The van der Waals surface area contributed by atoms with E-state index in [9.17, 15) is 0 Å². The molecule has 0 radical (unpaired) electrons. The highest BCUT2D eigenvalue weighted by molar-refractivity contribution is 9.11. The molecule has 3 nitrogen and oxygen atoms in total. The molecular formula is C12H19BrN2OS. The van der Waals surface area contributed by atoms with Crippen molar-refractivity contribution in [3.8, 4) is 0 Å². The minimum atomic E-state index is 0.122. The second kappa shape index (κ2) is 6.29. The first-order valence-electron chi connectivity index (χ1n) is 6.06. The van der Waals surface area contributed by atoms with Crippen molar-refractivity contribution >= 4 is 27.3 Å². The number of hydrogen-bond donors (Lipinski definition) is 1. The molecule has 2 rings (SSSR count). The number of morpholine rings is 1. The lowest BCUT2D eigenvalue weighted by Gasteiger charge is -2.40. The van der Waals surface area contributed by atoms with Crippen LogP contribution < -0.4 is 5.73 Å². The van der Waals surface area contributed by atoms with Gasteiger partial charge in [0.25, 0.3) is 0 Å². The Morgan fingerprint density at radius 3 is 3.06 bits per heavy atom. The summed E-state index contributed by atoms with van der Waals surface area (Å²) in [6.07, 6.45) is 1.29. The fourth-order valence-electron chi connectivity index (χ4n) is 2.43. The first-order valence-corrected chi connectivity index (χ1v) is 7.73. The van der Waals surface area contributed by atoms with E-state index < -0.39 is 0 Å². The van der Waals surface area contributed by atoms with Crippen LogP contribution in [-0.2, 0) is 4.74 Å². The molecule has 17 heavy (non-hydrogen) atoms. The van der Waals surface area contributed by atoms with Gasteiger partial charge in [0.15, 0.2) is 0 Å². The first kappa shape index (κ1) is 13.5. The van der Waals surface area contributed by atoms with E-state index in [4.69, 9.17) is 10.5 Å². The number of nitrogens with zero attached hydrogens (tertiary/aromatic N) is 1. The van der Waals surface area contributed by atoms with Crippen LogP contribution in [0.15, 0.2) is 15.2 Å². The second-order valence-electron chi connectivity index (χ2n) is 4.31. The van der Waals surface area contributed by atoms with Crippen LogP contribution in [-0.4, -0.2) is 37.2 Å². The van der Waals surface area contributed by atoms with Crippen LogP contribution in [0.25, 0.3) is 0 Å². The molecule has 0 aliphatic carbocycles. The second-order valence-corrected chi connectivity index (χ2v) is 6.60. The third kappa shape index (κ3) is 3.09. The number of thiophene rings is 1. The monoisotopic (exact) mass is 318 g/mol. The summed E-state index contributed by atoms with van der Waals surface area (Å²) in [7, 11) is 0. The zero-order chi connectivity index (χ0) is 12.3. The van der Waals surface area contributed by atoms with Crippen LogP contribution in [0.2, 0.25) is 0 Å². The third-order valence-corrected chi connectivity index (χ3v) is 4.65. The molecule has 2 atom stereocenters. The SMILES string of the molecule is CCCN1CCOC(CN)C1c1csc(Br)c1. The molecule has 0 bridgehead atoms. The summed E-state index contributed by atoms with van der Waals surface area (Å²) in [4.78, 5) is 2.50. The van der Waals surface area contributed by atoms with E-state index in [1.54, 1.807) is 11.3 Å². The fourth-order valence-corrected chi connectivity index (χ4v) is 3.63. The van der Waals surface area contributed by atoms with Gasteiger partial charge in [-0.1, -0.05) is 6.92 Å². The van der Waals surface area contributed by atoms with Crippen molar-refractivity contribution in [2.24, 2.45) is 5.73 Å². The molecule has 1 fully saturated rings. The lowest BCUT2D eigenvalue weighted by Crippen LogP contribution is -2.48. The summed E-state index contributed by atoms with van der Waals surface area (Å²) in [6.45, 7) is 5.70. The van der Waals surface area contributed by atoms with E-state index in [1.807, 2.05) is 0 Å². The van der Waals surface area contributed by atoms with E-state index in [-0.39, 0.29) is 6.10 Å². The lowest BCUT2D eigenvalue weighted by atomic mass is 10.0. The van der Waals surface area contributed by atoms with E-state index in [0.717, 1.165) is 19.7 Å². The molecule has 2 unspecified atom stereocenters. The number of nitrogens with two attached hydrogens (primary N) is 1. The number of hydrogen-bond acceptors (Lipinski definition) is 4. The summed E-state index contributed by atoms with van der Waals surface area (Å²) < 4.78 is 6.97. The van der Waals surface area contributed by atoms with Crippen LogP contribution in [0, 0.1) is 0 Å². The maximum absolute atomic E-state index is 5.84. The van der Waals surface area contributed by atoms with E-state index in [1.165, 1.54) is 15.8 Å². The number of halogens is 1. The molecule has 0 amide bonds. The highest BCUT2D eigenvalue weighted by Gasteiger charge is 2.32. The molecule has 1 aliphatic heterocycles. The topological polar surface area (TPSA) is 38.5 Å². The van der Waals surface area contributed by atoms with Crippen molar-refractivity contribution in [3.63, 3.8) is 0 Å². The van der Waals surface area contributed by atoms with Crippen LogP contribution in [0.4, 0.5) is 0 Å². The first-order chi connectivity index (χ1) is 8.26. The Morgan fingerprint density at radius 1 is 1.65 bits per heavy atom. The van der Waals surface area contributed by atoms with E-state index in [2.05, 4.69) is 39.2 Å². The van der Waals surface area contributed by atoms with Gasteiger partial charge in [0.05, 0.1) is 22.5 Å². The number of ether oxygens (including phenoxy) is 1. The van der Waals surface area contributed by atoms with E-state index in [0.29, 0.717) is 12.6 Å². The van der Waals surface area contributed by atoms with Crippen molar-refractivity contribution in [3.05, 3.63) is 20.8 Å². The minimum absolute atomic E-state index is 0.122. The summed E-state index contributed by atoms with van der Waals surface area (Å²) >= 11 is 5.25. The summed E-state index contributed by atoms with van der Waals surface area (Å²) in [5.41, 5.74) is 7.16. The Hall–Kier alpha value is 0.0600.